The molecular formula is C21H22FN3O2S. The quantitative estimate of drug-likeness (QED) is 0.583. The lowest BCUT2D eigenvalue weighted by Crippen LogP contribution is -2.32. The molecule has 1 unspecified atom stereocenters. The number of halogens is 1. The minimum Gasteiger partial charge on any atom is -0.494 e. The summed E-state index contributed by atoms with van der Waals surface area (Å²) in [6, 6.07) is 13.3. The summed E-state index contributed by atoms with van der Waals surface area (Å²) in [4.78, 5) is 17.9. The van der Waals surface area contributed by atoms with Crippen LogP contribution in [0.3, 0.4) is 0 Å². The summed E-state index contributed by atoms with van der Waals surface area (Å²) < 4.78 is 20.6. The summed E-state index contributed by atoms with van der Waals surface area (Å²) in [5.74, 6) is 1.31. The molecular weight excluding hydrogens is 377 g/mol. The number of nitrogens with zero attached hydrogens (tertiary/aromatic N) is 2. The van der Waals surface area contributed by atoms with Gasteiger partial charge in [-0.1, -0.05) is 12.1 Å². The van der Waals surface area contributed by atoms with Crippen LogP contribution in [0.4, 0.5) is 4.39 Å². The SMILES string of the molecule is CCOc1ccc(SCC(=O)NC(c2ccc(F)cc2)c2nccn2C)cc1. The zero-order valence-corrected chi connectivity index (χ0v) is 16.6. The number of aryl methyl sites for hydroxylation is 1. The van der Waals surface area contributed by atoms with E-state index in [2.05, 4.69) is 10.3 Å². The van der Waals surface area contributed by atoms with E-state index in [9.17, 15) is 9.18 Å². The summed E-state index contributed by atoms with van der Waals surface area (Å²) >= 11 is 1.44. The molecule has 0 aliphatic rings. The van der Waals surface area contributed by atoms with E-state index in [1.165, 1.54) is 23.9 Å². The second-order valence-electron chi connectivity index (χ2n) is 6.14. The lowest BCUT2D eigenvalue weighted by Gasteiger charge is -2.19. The molecule has 0 fully saturated rings. The van der Waals surface area contributed by atoms with Crippen LogP contribution in [0.15, 0.2) is 65.8 Å². The summed E-state index contributed by atoms with van der Waals surface area (Å²) in [7, 11) is 1.86. The van der Waals surface area contributed by atoms with Crippen LogP contribution >= 0.6 is 11.8 Å². The van der Waals surface area contributed by atoms with Gasteiger partial charge >= 0.3 is 0 Å². The predicted octanol–water partition coefficient (Wildman–Crippen LogP) is 3.96. The Labute approximate surface area is 167 Å². The highest BCUT2D eigenvalue weighted by molar-refractivity contribution is 8.00. The van der Waals surface area contributed by atoms with Gasteiger partial charge in [0.1, 0.15) is 23.4 Å². The van der Waals surface area contributed by atoms with E-state index in [0.717, 1.165) is 16.2 Å². The minimum absolute atomic E-state index is 0.129. The molecule has 1 heterocycles. The molecule has 1 aromatic heterocycles. The van der Waals surface area contributed by atoms with Crippen LogP contribution in [-0.2, 0) is 11.8 Å². The number of carbonyl (C=O) groups is 1. The maximum Gasteiger partial charge on any atom is 0.231 e. The van der Waals surface area contributed by atoms with Crippen molar-refractivity contribution in [3.8, 4) is 5.75 Å². The zero-order chi connectivity index (χ0) is 19.9. The average Bonchev–Trinajstić information content (AvgIpc) is 3.12. The van der Waals surface area contributed by atoms with Gasteiger partial charge in [-0.05, 0) is 48.9 Å². The molecule has 0 bridgehead atoms. The van der Waals surface area contributed by atoms with E-state index in [-0.39, 0.29) is 17.5 Å². The van der Waals surface area contributed by atoms with E-state index >= 15 is 0 Å². The van der Waals surface area contributed by atoms with Crippen molar-refractivity contribution in [1.82, 2.24) is 14.9 Å². The Morgan fingerprint density at radius 2 is 1.93 bits per heavy atom. The van der Waals surface area contributed by atoms with Crippen molar-refractivity contribution in [2.75, 3.05) is 12.4 Å². The largest absolute Gasteiger partial charge is 0.494 e. The molecule has 1 N–H and O–H groups in total. The number of aromatic nitrogens is 2. The van der Waals surface area contributed by atoms with Crippen LogP contribution in [0, 0.1) is 5.82 Å². The van der Waals surface area contributed by atoms with Crippen molar-refractivity contribution in [3.05, 3.63) is 78.1 Å². The van der Waals surface area contributed by atoms with Gasteiger partial charge < -0.3 is 14.6 Å². The third kappa shape index (κ3) is 5.13. The fourth-order valence-corrected chi connectivity index (χ4v) is 3.47. The van der Waals surface area contributed by atoms with Crippen LogP contribution in [0.5, 0.6) is 5.75 Å². The summed E-state index contributed by atoms with van der Waals surface area (Å²) in [6.45, 7) is 2.55. The highest BCUT2D eigenvalue weighted by Gasteiger charge is 2.20. The second kappa shape index (κ2) is 9.41. The Bertz CT molecular complexity index is 910. The number of nitrogens with one attached hydrogen (secondary N) is 1. The molecule has 5 nitrogen and oxygen atoms in total. The molecule has 1 atom stereocenters. The van der Waals surface area contributed by atoms with Gasteiger partial charge in [0, 0.05) is 24.3 Å². The van der Waals surface area contributed by atoms with Crippen LogP contribution in [-0.4, -0.2) is 27.8 Å². The molecule has 0 saturated carbocycles. The van der Waals surface area contributed by atoms with Gasteiger partial charge in [-0.15, -0.1) is 11.8 Å². The van der Waals surface area contributed by atoms with E-state index in [4.69, 9.17) is 4.74 Å². The Morgan fingerprint density at radius 1 is 1.21 bits per heavy atom. The number of amides is 1. The number of thioether (sulfide) groups is 1. The van der Waals surface area contributed by atoms with Crippen molar-refractivity contribution >= 4 is 17.7 Å². The number of benzene rings is 2. The van der Waals surface area contributed by atoms with Crippen molar-refractivity contribution in [2.24, 2.45) is 7.05 Å². The number of hydrogen-bond acceptors (Lipinski definition) is 4. The van der Waals surface area contributed by atoms with Gasteiger partial charge in [0.05, 0.1) is 12.4 Å². The number of carbonyl (C=O) groups excluding carboxylic acids is 1. The summed E-state index contributed by atoms with van der Waals surface area (Å²) in [6.07, 6.45) is 3.49. The topological polar surface area (TPSA) is 56.1 Å². The molecule has 0 aliphatic heterocycles. The van der Waals surface area contributed by atoms with Gasteiger partial charge in [-0.3, -0.25) is 4.79 Å². The van der Waals surface area contributed by atoms with Crippen LogP contribution in [0.1, 0.15) is 24.4 Å². The van der Waals surface area contributed by atoms with E-state index in [1.54, 1.807) is 18.3 Å². The first-order valence-electron chi connectivity index (χ1n) is 8.94. The Kier molecular flexibility index (Phi) is 6.71. The van der Waals surface area contributed by atoms with Crippen molar-refractivity contribution in [1.29, 1.82) is 0 Å². The predicted molar refractivity (Wildman–Crippen MR) is 108 cm³/mol. The standard InChI is InChI=1S/C21H22FN3O2S/c1-3-27-17-8-10-18(11-9-17)28-14-19(26)24-20(21-23-12-13-25(21)2)15-4-6-16(22)7-5-15/h4-13,20H,3,14H2,1-2H3,(H,24,26). The molecule has 0 saturated heterocycles. The highest BCUT2D eigenvalue weighted by Crippen LogP contribution is 2.23. The number of ether oxygens (including phenoxy) is 1. The lowest BCUT2D eigenvalue weighted by molar-refractivity contribution is -0.119. The molecule has 2 aromatic carbocycles. The normalized spacial score (nSPS) is 11.8. The van der Waals surface area contributed by atoms with Gasteiger partial charge in [0.2, 0.25) is 5.91 Å². The first-order valence-corrected chi connectivity index (χ1v) is 9.93. The zero-order valence-electron chi connectivity index (χ0n) is 15.8. The molecule has 3 rings (SSSR count). The number of hydrogen-bond donors (Lipinski definition) is 1. The average molecular weight is 399 g/mol. The molecule has 0 radical (unpaired) electrons. The molecule has 3 aromatic rings. The molecule has 146 valence electrons. The van der Waals surface area contributed by atoms with E-state index in [1.807, 2.05) is 49.0 Å². The molecule has 7 heteroatoms. The van der Waals surface area contributed by atoms with Crippen LogP contribution in [0.2, 0.25) is 0 Å². The summed E-state index contributed by atoms with van der Waals surface area (Å²) in [5, 5.41) is 3.01. The van der Waals surface area contributed by atoms with Crippen LogP contribution in [0.25, 0.3) is 0 Å². The Hall–Kier alpha value is -2.80. The van der Waals surface area contributed by atoms with Gasteiger partial charge in [-0.25, -0.2) is 9.37 Å². The number of imidazole rings is 1. The Morgan fingerprint density at radius 3 is 2.54 bits per heavy atom. The summed E-state index contributed by atoms with van der Waals surface area (Å²) in [5.41, 5.74) is 0.773. The molecule has 0 aliphatic carbocycles. The fourth-order valence-electron chi connectivity index (χ4n) is 2.76. The van der Waals surface area contributed by atoms with Gasteiger partial charge in [-0.2, -0.15) is 0 Å². The molecule has 0 spiro atoms. The first-order chi connectivity index (χ1) is 13.6. The lowest BCUT2D eigenvalue weighted by atomic mass is 10.1. The second-order valence-corrected chi connectivity index (χ2v) is 7.19. The third-order valence-corrected chi connectivity index (χ3v) is 5.14. The smallest absolute Gasteiger partial charge is 0.231 e. The van der Waals surface area contributed by atoms with Crippen molar-refractivity contribution in [2.45, 2.75) is 17.9 Å². The number of rotatable bonds is 8. The minimum atomic E-state index is -0.450. The monoisotopic (exact) mass is 399 g/mol. The van der Waals surface area contributed by atoms with Gasteiger partial charge in [0.15, 0.2) is 0 Å². The first kappa shape index (κ1) is 19.9. The third-order valence-electron chi connectivity index (χ3n) is 4.13. The Balaban J connectivity index is 1.67. The van der Waals surface area contributed by atoms with Crippen LogP contribution < -0.4 is 10.1 Å². The van der Waals surface area contributed by atoms with E-state index in [0.29, 0.717) is 12.4 Å². The molecule has 28 heavy (non-hydrogen) atoms. The van der Waals surface area contributed by atoms with Gasteiger partial charge in [0.25, 0.3) is 0 Å². The van der Waals surface area contributed by atoms with E-state index < -0.39 is 6.04 Å². The maximum atomic E-state index is 13.3. The fraction of sp³-hybridized carbons (Fsp3) is 0.238. The van der Waals surface area contributed by atoms with Crippen molar-refractivity contribution < 1.29 is 13.9 Å². The maximum absolute atomic E-state index is 13.3. The van der Waals surface area contributed by atoms with Crippen molar-refractivity contribution in [3.63, 3.8) is 0 Å². The highest BCUT2D eigenvalue weighted by atomic mass is 32.2. The molecule has 1 amide bonds.